The highest BCUT2D eigenvalue weighted by Gasteiger charge is 2.39. The highest BCUT2D eigenvalue weighted by atomic mass is 32.2. The molecule has 68 valence electrons. The second-order valence-corrected chi connectivity index (χ2v) is 4.85. The Kier molecular flexibility index (Phi) is 5.42. The minimum atomic E-state index is -4.05. The molecule has 0 aromatic carbocycles. The molecule has 11 heavy (non-hydrogen) atoms. The summed E-state index contributed by atoms with van der Waals surface area (Å²) in [5.41, 5.74) is 0. The first-order valence-electron chi connectivity index (χ1n) is 3.32. The smallest absolute Gasteiger partial charge is 0.169 e. The van der Waals surface area contributed by atoms with E-state index in [1.165, 1.54) is 0 Å². The number of alkyl halides is 3. The van der Waals surface area contributed by atoms with Crippen molar-refractivity contribution in [2.45, 2.75) is 24.6 Å². The second kappa shape index (κ2) is 5.19. The number of thioether (sulfide) groups is 2. The molecule has 0 heterocycles. The van der Waals surface area contributed by atoms with Crippen molar-refractivity contribution in [3.8, 4) is 0 Å². The Hall–Kier alpha value is 0.490. The van der Waals surface area contributed by atoms with Crippen LogP contribution in [0.5, 0.6) is 0 Å². The van der Waals surface area contributed by atoms with E-state index in [-0.39, 0.29) is 0 Å². The molecule has 0 rings (SSSR count). The number of rotatable bonds is 4. The first-order valence-corrected chi connectivity index (χ1v) is 5.42. The summed E-state index contributed by atoms with van der Waals surface area (Å²) in [4.78, 5) is 0. The van der Waals surface area contributed by atoms with E-state index in [2.05, 4.69) is 0 Å². The van der Waals surface area contributed by atoms with Crippen LogP contribution in [0.1, 0.15) is 13.8 Å². The molecule has 0 aromatic heterocycles. The number of halogens is 3. The van der Waals surface area contributed by atoms with Crippen LogP contribution in [-0.2, 0) is 0 Å². The summed E-state index contributed by atoms with van der Waals surface area (Å²) in [5.74, 6) is 1.02. The van der Waals surface area contributed by atoms with Crippen LogP contribution in [0.4, 0.5) is 13.2 Å². The molecule has 0 radical (unpaired) electrons. The van der Waals surface area contributed by atoms with Gasteiger partial charge in [0.1, 0.15) is 4.58 Å². The maximum absolute atomic E-state index is 12.1. The summed E-state index contributed by atoms with van der Waals surface area (Å²) in [6.45, 7) is 3.47. The Balaban J connectivity index is 3.88. The molecule has 0 spiro atoms. The molecule has 0 fully saturated rings. The Bertz CT molecular complexity index is 96.5. The lowest BCUT2D eigenvalue weighted by Crippen LogP contribution is -2.22. The molecule has 0 atom stereocenters. The van der Waals surface area contributed by atoms with E-state index < -0.39 is 10.8 Å². The Morgan fingerprint density at radius 3 is 1.64 bits per heavy atom. The van der Waals surface area contributed by atoms with Gasteiger partial charge in [0.2, 0.25) is 0 Å². The monoisotopic (exact) mass is 204 g/mol. The van der Waals surface area contributed by atoms with E-state index in [1.54, 1.807) is 13.8 Å². The maximum atomic E-state index is 12.1. The van der Waals surface area contributed by atoms with Gasteiger partial charge in [-0.2, -0.15) is 13.2 Å². The minimum absolute atomic E-state index is 0.511. The normalized spacial score (nSPS) is 12.5. The van der Waals surface area contributed by atoms with Crippen LogP contribution < -0.4 is 0 Å². The van der Waals surface area contributed by atoms with Gasteiger partial charge < -0.3 is 0 Å². The molecular weight excluding hydrogens is 193 g/mol. The standard InChI is InChI=1S/C6H11F3S2/c1-3-10-5(11-4-2)6(7,8)9/h5H,3-4H2,1-2H3. The third kappa shape index (κ3) is 4.85. The van der Waals surface area contributed by atoms with Gasteiger partial charge >= 0.3 is 6.18 Å². The third-order valence-electron chi connectivity index (χ3n) is 0.903. The summed E-state index contributed by atoms with van der Waals surface area (Å²) in [5, 5.41) is 0. The Labute approximate surface area is 73.3 Å². The van der Waals surface area contributed by atoms with Crippen LogP contribution in [0, 0.1) is 0 Å². The third-order valence-corrected chi connectivity index (χ3v) is 3.53. The molecule has 0 aliphatic carbocycles. The van der Waals surface area contributed by atoms with Crippen molar-refractivity contribution in [3.63, 3.8) is 0 Å². The Morgan fingerprint density at radius 2 is 1.45 bits per heavy atom. The van der Waals surface area contributed by atoms with E-state index >= 15 is 0 Å². The molecule has 5 heteroatoms. The van der Waals surface area contributed by atoms with Gasteiger partial charge in [-0.05, 0) is 11.5 Å². The SMILES string of the molecule is CCSC(SCC)C(F)(F)F. The highest BCUT2D eigenvalue weighted by molar-refractivity contribution is 8.17. The fourth-order valence-corrected chi connectivity index (χ4v) is 2.72. The van der Waals surface area contributed by atoms with E-state index in [0.29, 0.717) is 11.5 Å². The van der Waals surface area contributed by atoms with Gasteiger partial charge in [-0.3, -0.25) is 0 Å². The van der Waals surface area contributed by atoms with Crippen molar-refractivity contribution in [1.29, 1.82) is 0 Å². The van der Waals surface area contributed by atoms with Crippen molar-refractivity contribution in [2.24, 2.45) is 0 Å². The number of hydrogen-bond acceptors (Lipinski definition) is 2. The zero-order valence-electron chi connectivity index (χ0n) is 6.44. The first kappa shape index (κ1) is 11.5. The van der Waals surface area contributed by atoms with E-state index in [9.17, 15) is 13.2 Å². The van der Waals surface area contributed by atoms with Crippen molar-refractivity contribution >= 4 is 23.5 Å². The average molecular weight is 204 g/mol. The van der Waals surface area contributed by atoms with Crippen LogP contribution in [0.15, 0.2) is 0 Å². The summed E-state index contributed by atoms with van der Waals surface area (Å²) in [6, 6.07) is 0. The maximum Gasteiger partial charge on any atom is 0.409 e. The lowest BCUT2D eigenvalue weighted by Gasteiger charge is -2.17. The largest absolute Gasteiger partial charge is 0.409 e. The summed E-state index contributed by atoms with van der Waals surface area (Å²) in [6.07, 6.45) is -4.05. The Morgan fingerprint density at radius 1 is 1.09 bits per heavy atom. The van der Waals surface area contributed by atoms with E-state index in [4.69, 9.17) is 0 Å². The van der Waals surface area contributed by atoms with Crippen molar-refractivity contribution in [2.75, 3.05) is 11.5 Å². The van der Waals surface area contributed by atoms with Gasteiger partial charge in [0, 0.05) is 0 Å². The zero-order valence-corrected chi connectivity index (χ0v) is 8.07. The predicted octanol–water partition coefficient (Wildman–Crippen LogP) is 3.38. The molecule has 0 nitrogen and oxygen atoms in total. The van der Waals surface area contributed by atoms with Gasteiger partial charge in [0.15, 0.2) is 0 Å². The molecule has 0 aromatic rings. The van der Waals surface area contributed by atoms with Gasteiger partial charge in [0.25, 0.3) is 0 Å². The van der Waals surface area contributed by atoms with Gasteiger partial charge in [-0.1, -0.05) is 13.8 Å². The molecule has 0 unspecified atom stereocenters. The zero-order chi connectivity index (χ0) is 8.91. The number of hydrogen-bond donors (Lipinski definition) is 0. The van der Waals surface area contributed by atoms with Gasteiger partial charge in [0.05, 0.1) is 0 Å². The van der Waals surface area contributed by atoms with E-state index in [1.807, 2.05) is 0 Å². The molecule has 0 aliphatic rings. The highest BCUT2D eigenvalue weighted by Crippen LogP contribution is 2.37. The van der Waals surface area contributed by atoms with Crippen LogP contribution in [0.3, 0.4) is 0 Å². The molecule has 0 N–H and O–H groups in total. The van der Waals surface area contributed by atoms with Crippen LogP contribution in [-0.4, -0.2) is 22.3 Å². The molecule has 0 aliphatic heterocycles. The van der Waals surface area contributed by atoms with Gasteiger partial charge in [-0.25, -0.2) is 0 Å². The van der Waals surface area contributed by atoms with Crippen LogP contribution in [0.2, 0.25) is 0 Å². The molecule has 0 bridgehead atoms. The summed E-state index contributed by atoms with van der Waals surface area (Å²) in [7, 11) is 0. The quantitative estimate of drug-likeness (QED) is 0.644. The van der Waals surface area contributed by atoms with Gasteiger partial charge in [-0.15, -0.1) is 23.5 Å². The van der Waals surface area contributed by atoms with Crippen molar-refractivity contribution < 1.29 is 13.2 Å². The molecule has 0 saturated heterocycles. The molecular formula is C6H11F3S2. The van der Waals surface area contributed by atoms with Crippen LogP contribution >= 0.6 is 23.5 Å². The summed E-state index contributed by atoms with van der Waals surface area (Å²) >= 11 is 1.89. The predicted molar refractivity (Wildman–Crippen MR) is 46.1 cm³/mol. The topological polar surface area (TPSA) is 0 Å². The van der Waals surface area contributed by atoms with E-state index in [0.717, 1.165) is 23.5 Å². The molecule has 0 amide bonds. The first-order chi connectivity index (χ1) is 5.02. The fraction of sp³-hybridized carbons (Fsp3) is 1.00. The minimum Gasteiger partial charge on any atom is -0.169 e. The summed E-state index contributed by atoms with van der Waals surface area (Å²) < 4.78 is 34.9. The lowest BCUT2D eigenvalue weighted by atomic mass is 10.8. The van der Waals surface area contributed by atoms with Crippen LogP contribution in [0.25, 0.3) is 0 Å². The molecule has 0 saturated carbocycles. The van der Waals surface area contributed by atoms with Crippen molar-refractivity contribution in [3.05, 3.63) is 0 Å². The second-order valence-electron chi connectivity index (χ2n) is 1.78. The lowest BCUT2D eigenvalue weighted by molar-refractivity contribution is -0.112. The van der Waals surface area contributed by atoms with Crippen molar-refractivity contribution in [1.82, 2.24) is 0 Å². The average Bonchev–Trinajstić information content (AvgIpc) is 1.85. The fourth-order valence-electron chi connectivity index (χ4n) is 0.540.